The highest BCUT2D eigenvalue weighted by molar-refractivity contribution is 7.07. The summed E-state index contributed by atoms with van der Waals surface area (Å²) in [5.41, 5.74) is 6.20. The molecule has 0 atom stereocenters. The van der Waals surface area contributed by atoms with Gasteiger partial charge in [0.2, 0.25) is 0 Å². The van der Waals surface area contributed by atoms with E-state index in [-0.39, 0.29) is 11.5 Å². The summed E-state index contributed by atoms with van der Waals surface area (Å²) in [5, 5.41) is 6.01. The molecule has 2 aliphatic heterocycles. The third-order valence-electron chi connectivity index (χ3n) is 9.07. The topological polar surface area (TPSA) is 68.4 Å². The van der Waals surface area contributed by atoms with E-state index in [1.165, 1.54) is 16.7 Å². The van der Waals surface area contributed by atoms with Crippen molar-refractivity contribution in [1.82, 2.24) is 24.8 Å². The van der Waals surface area contributed by atoms with Gasteiger partial charge in [-0.2, -0.15) is 11.3 Å². The Bertz CT molecular complexity index is 1840. The highest BCUT2D eigenvalue weighted by atomic mass is 35.5. The first-order chi connectivity index (χ1) is 21.9. The molecule has 7 rings (SSSR count). The predicted molar refractivity (Wildman–Crippen MR) is 186 cm³/mol. The lowest BCUT2D eigenvalue weighted by molar-refractivity contribution is 0.202. The van der Waals surface area contributed by atoms with Gasteiger partial charge in [0.15, 0.2) is 0 Å². The van der Waals surface area contributed by atoms with E-state index in [4.69, 9.17) is 33.2 Å². The van der Waals surface area contributed by atoms with Crippen LogP contribution in [0.5, 0.6) is 0 Å². The maximum atomic E-state index is 13.4. The minimum atomic E-state index is -0.265. The number of likely N-dealkylation sites (tertiary alicyclic amines) is 1. The fraction of sp³-hybridized carbons (Fsp3) is 0.343. The average Bonchev–Trinajstić information content (AvgIpc) is 3.55. The van der Waals surface area contributed by atoms with Crippen LogP contribution in [0.15, 0.2) is 70.3 Å². The number of anilines is 1. The van der Waals surface area contributed by atoms with Crippen LogP contribution < -0.4 is 10.5 Å². The molecule has 2 aliphatic rings. The largest absolute Gasteiger partial charge is 0.369 e. The SMILES string of the molecule is Cc1cccc(CN2CCN(c3cc(Cl)c(-c4cc5cnc(C6CCN(Cc7ccsc7)CC6)nc5[nH]c4=O)c(Cl)c3)CC2)c1. The van der Waals surface area contributed by atoms with Crippen molar-refractivity contribution in [2.75, 3.05) is 44.2 Å². The van der Waals surface area contributed by atoms with Crippen LogP contribution in [-0.4, -0.2) is 64.0 Å². The average molecular weight is 660 g/mol. The lowest BCUT2D eigenvalue weighted by Crippen LogP contribution is -2.46. The molecule has 5 aromatic rings. The molecule has 0 bridgehead atoms. The quantitative estimate of drug-likeness (QED) is 0.197. The van der Waals surface area contributed by atoms with Gasteiger partial charge in [0.25, 0.3) is 5.56 Å². The zero-order valence-electron chi connectivity index (χ0n) is 25.3. The predicted octanol–water partition coefficient (Wildman–Crippen LogP) is 7.36. The van der Waals surface area contributed by atoms with Gasteiger partial charge in [0.1, 0.15) is 11.5 Å². The van der Waals surface area contributed by atoms with Gasteiger partial charge in [-0.1, -0.05) is 53.0 Å². The first kappa shape index (κ1) is 30.4. The third kappa shape index (κ3) is 6.81. The summed E-state index contributed by atoms with van der Waals surface area (Å²) in [6, 6.07) is 16.5. The summed E-state index contributed by atoms with van der Waals surface area (Å²) >= 11 is 15.4. The number of aromatic nitrogens is 3. The fourth-order valence-electron chi connectivity index (χ4n) is 6.61. The fourth-order valence-corrected chi connectivity index (χ4v) is 7.95. The van der Waals surface area contributed by atoms with Crippen LogP contribution in [0.2, 0.25) is 10.0 Å². The molecule has 10 heteroatoms. The molecular formula is C35H36Cl2N6OS. The van der Waals surface area contributed by atoms with E-state index in [0.717, 1.165) is 82.1 Å². The second-order valence-corrected chi connectivity index (χ2v) is 13.9. The van der Waals surface area contributed by atoms with Crippen molar-refractivity contribution in [3.8, 4) is 11.1 Å². The number of rotatable bonds is 7. The van der Waals surface area contributed by atoms with Gasteiger partial charge >= 0.3 is 0 Å². The number of piperidine rings is 1. The minimum Gasteiger partial charge on any atom is -0.369 e. The number of pyridine rings is 1. The van der Waals surface area contributed by atoms with Crippen molar-refractivity contribution in [3.63, 3.8) is 0 Å². The number of thiophene rings is 1. The number of H-pyrrole nitrogens is 1. The Morgan fingerprint density at radius 2 is 1.64 bits per heavy atom. The molecule has 232 valence electrons. The van der Waals surface area contributed by atoms with Crippen molar-refractivity contribution in [3.05, 3.63) is 108 Å². The number of nitrogens with zero attached hydrogens (tertiary/aromatic N) is 5. The molecule has 0 radical (unpaired) electrons. The molecule has 3 aromatic heterocycles. The van der Waals surface area contributed by atoms with E-state index in [1.807, 2.05) is 12.1 Å². The van der Waals surface area contributed by atoms with Gasteiger partial charge in [-0.3, -0.25) is 14.6 Å². The molecule has 2 fully saturated rings. The van der Waals surface area contributed by atoms with Crippen LogP contribution in [-0.2, 0) is 13.1 Å². The molecule has 45 heavy (non-hydrogen) atoms. The lowest BCUT2D eigenvalue weighted by Gasteiger charge is -2.36. The van der Waals surface area contributed by atoms with Crippen molar-refractivity contribution < 1.29 is 0 Å². The lowest BCUT2D eigenvalue weighted by atomic mass is 9.95. The Morgan fingerprint density at radius 3 is 2.36 bits per heavy atom. The molecule has 7 nitrogen and oxygen atoms in total. The first-order valence-corrected chi connectivity index (χ1v) is 17.2. The molecule has 0 amide bonds. The van der Waals surface area contributed by atoms with Gasteiger partial charge in [-0.25, -0.2) is 9.97 Å². The summed E-state index contributed by atoms with van der Waals surface area (Å²) < 4.78 is 0. The van der Waals surface area contributed by atoms with E-state index >= 15 is 0 Å². The molecule has 1 N–H and O–H groups in total. The van der Waals surface area contributed by atoms with E-state index in [9.17, 15) is 4.79 Å². The molecule has 0 aliphatic carbocycles. The van der Waals surface area contributed by atoms with Gasteiger partial charge < -0.3 is 9.88 Å². The Balaban J connectivity index is 1.04. The van der Waals surface area contributed by atoms with E-state index < -0.39 is 0 Å². The Hall–Kier alpha value is -3.27. The van der Waals surface area contributed by atoms with Crippen LogP contribution in [0.25, 0.3) is 22.2 Å². The summed E-state index contributed by atoms with van der Waals surface area (Å²) in [6.07, 6.45) is 3.80. The number of aryl methyl sites for hydroxylation is 1. The highest BCUT2D eigenvalue weighted by Gasteiger charge is 2.24. The van der Waals surface area contributed by atoms with Crippen molar-refractivity contribution in [2.24, 2.45) is 0 Å². The second-order valence-electron chi connectivity index (χ2n) is 12.3. The number of benzene rings is 2. The van der Waals surface area contributed by atoms with Crippen LogP contribution in [0.1, 0.15) is 41.3 Å². The molecule has 0 spiro atoms. The number of aromatic amines is 1. The number of halogens is 2. The number of hydrogen-bond donors (Lipinski definition) is 1. The zero-order chi connectivity index (χ0) is 30.9. The zero-order valence-corrected chi connectivity index (χ0v) is 27.6. The molecule has 0 unspecified atom stereocenters. The minimum absolute atomic E-state index is 0.265. The number of piperazine rings is 1. The molecular weight excluding hydrogens is 623 g/mol. The second kappa shape index (κ2) is 13.2. The monoisotopic (exact) mass is 658 g/mol. The molecule has 0 saturated carbocycles. The summed E-state index contributed by atoms with van der Waals surface area (Å²) in [7, 11) is 0. The molecule has 5 heterocycles. The smallest absolute Gasteiger partial charge is 0.257 e. The maximum absolute atomic E-state index is 13.4. The first-order valence-electron chi connectivity index (χ1n) is 15.6. The van der Waals surface area contributed by atoms with Crippen molar-refractivity contribution in [2.45, 2.75) is 38.8 Å². The molecule has 2 saturated heterocycles. The third-order valence-corrected chi connectivity index (χ3v) is 10.4. The van der Waals surface area contributed by atoms with Crippen LogP contribution in [0.4, 0.5) is 5.69 Å². The van der Waals surface area contributed by atoms with Crippen molar-refractivity contribution in [1.29, 1.82) is 0 Å². The standard InChI is InChI=1S/C35H36Cl2N6OS/c1-23-3-2-4-24(15-23)20-42-10-12-43(13-11-42)28-17-30(36)32(31(37)18-28)29-16-27-19-38-33(39-34(27)40-35(29)44)26-5-8-41(9-6-26)21-25-7-14-45-22-25/h2-4,7,14-19,22,26H,5-6,8-13,20-21H2,1H3,(H,38,39,40,44). The molecule has 2 aromatic carbocycles. The number of fused-ring (bicyclic) bond motifs is 1. The van der Waals surface area contributed by atoms with Gasteiger partial charge in [-0.05, 0) is 79.0 Å². The van der Waals surface area contributed by atoms with E-state index in [2.05, 4.69) is 67.7 Å². The summed E-state index contributed by atoms with van der Waals surface area (Å²) in [4.78, 5) is 33.1. The van der Waals surface area contributed by atoms with Gasteiger partial charge in [0.05, 0.1) is 15.6 Å². The Kier molecular flexibility index (Phi) is 8.93. The Labute approximate surface area is 277 Å². The Morgan fingerprint density at radius 1 is 0.911 bits per heavy atom. The van der Waals surface area contributed by atoms with Crippen LogP contribution >= 0.6 is 34.5 Å². The summed E-state index contributed by atoms with van der Waals surface area (Å²) in [6.45, 7) is 9.73. The van der Waals surface area contributed by atoms with Gasteiger partial charge in [-0.15, -0.1) is 0 Å². The van der Waals surface area contributed by atoms with E-state index in [1.54, 1.807) is 23.6 Å². The van der Waals surface area contributed by atoms with Gasteiger partial charge in [0, 0.05) is 68.0 Å². The van der Waals surface area contributed by atoms with E-state index in [0.29, 0.717) is 26.8 Å². The van der Waals surface area contributed by atoms with Crippen LogP contribution in [0.3, 0.4) is 0 Å². The van der Waals surface area contributed by atoms with Crippen molar-refractivity contribution >= 4 is 51.3 Å². The maximum Gasteiger partial charge on any atom is 0.257 e. The highest BCUT2D eigenvalue weighted by Crippen LogP contribution is 2.38. The number of hydrogen-bond acceptors (Lipinski definition) is 7. The number of nitrogens with one attached hydrogen (secondary N) is 1. The summed E-state index contributed by atoms with van der Waals surface area (Å²) in [5.74, 6) is 1.07. The normalized spacial score (nSPS) is 16.9. The van der Waals surface area contributed by atoms with Crippen LogP contribution in [0, 0.1) is 6.92 Å².